The van der Waals surface area contributed by atoms with Crippen molar-refractivity contribution in [2.45, 2.75) is 38.8 Å². The Morgan fingerprint density at radius 1 is 1.07 bits per heavy atom. The molecule has 2 atom stereocenters. The predicted octanol–water partition coefficient (Wildman–Crippen LogP) is 5.00. The molecule has 0 bridgehead atoms. The number of carbonyl (C=O) groups excluding carboxylic acids is 2. The molecule has 3 rings (SSSR count). The van der Waals surface area contributed by atoms with Gasteiger partial charge in [0.2, 0.25) is 0 Å². The Hall–Kier alpha value is -3.29. The van der Waals surface area contributed by atoms with Crippen LogP contribution in [0.2, 0.25) is 5.02 Å². The zero-order chi connectivity index (χ0) is 29.4. The van der Waals surface area contributed by atoms with Gasteiger partial charge in [-0.25, -0.2) is 5.43 Å². The Balaban J connectivity index is 1.66. The molecular weight excluding hydrogens is 569 g/mol. The summed E-state index contributed by atoms with van der Waals surface area (Å²) in [6.45, 7) is 4.40. The molecule has 2 amide bonds. The fraction of sp³-hybridized carbons (Fsp3) is 0.296. The summed E-state index contributed by atoms with van der Waals surface area (Å²) in [5, 5.41) is 27.1. The minimum atomic E-state index is -4.64. The summed E-state index contributed by atoms with van der Waals surface area (Å²) < 4.78 is 39.2. The van der Waals surface area contributed by atoms with Crippen LogP contribution >= 0.6 is 22.9 Å². The molecule has 0 spiro atoms. The maximum Gasteiger partial charge on any atom is 0.417 e. The molecule has 214 valence electrons. The lowest BCUT2D eigenvalue weighted by atomic mass is 10.1. The normalized spacial score (nSPS) is 13.4. The first-order chi connectivity index (χ1) is 18.8. The summed E-state index contributed by atoms with van der Waals surface area (Å²) in [6, 6.07) is 11.6. The van der Waals surface area contributed by atoms with Crippen molar-refractivity contribution in [2.24, 2.45) is 5.10 Å². The van der Waals surface area contributed by atoms with Crippen LogP contribution in [0.3, 0.4) is 0 Å². The Morgan fingerprint density at radius 2 is 1.77 bits per heavy atom. The van der Waals surface area contributed by atoms with Crippen LogP contribution in [0.5, 0.6) is 0 Å². The van der Waals surface area contributed by atoms with Gasteiger partial charge in [-0.05, 0) is 60.7 Å². The van der Waals surface area contributed by atoms with Gasteiger partial charge in [0.1, 0.15) is 4.88 Å². The van der Waals surface area contributed by atoms with Crippen LogP contribution in [-0.2, 0) is 12.7 Å². The number of hydrogen-bond donors (Lipinski definition) is 4. The molecule has 4 N–H and O–H groups in total. The molecule has 0 saturated carbocycles. The Labute approximate surface area is 238 Å². The number of aliphatic hydroxyl groups is 2. The molecule has 1 aromatic heterocycles. The first-order valence-electron chi connectivity index (χ1n) is 12.1. The number of anilines is 1. The van der Waals surface area contributed by atoms with E-state index in [-0.39, 0.29) is 16.1 Å². The zero-order valence-corrected chi connectivity index (χ0v) is 23.1. The third kappa shape index (κ3) is 9.14. The number of aliphatic hydroxyl groups excluding tert-OH is 2. The number of nitrogens with zero attached hydrogens (tertiary/aromatic N) is 2. The van der Waals surface area contributed by atoms with Crippen molar-refractivity contribution >= 4 is 46.7 Å². The van der Waals surface area contributed by atoms with Gasteiger partial charge >= 0.3 is 6.18 Å². The van der Waals surface area contributed by atoms with Gasteiger partial charge < -0.3 is 15.5 Å². The molecule has 0 aliphatic carbocycles. The number of carbonyl (C=O) groups is 2. The molecule has 2 unspecified atom stereocenters. The molecule has 13 heteroatoms. The smallest absolute Gasteiger partial charge is 0.392 e. The number of rotatable bonds is 11. The lowest BCUT2D eigenvalue weighted by molar-refractivity contribution is -0.137. The van der Waals surface area contributed by atoms with Gasteiger partial charge in [0.05, 0.1) is 34.7 Å². The van der Waals surface area contributed by atoms with E-state index in [4.69, 9.17) is 11.6 Å². The second kappa shape index (κ2) is 13.9. The number of hydrogen-bond acceptors (Lipinski definition) is 7. The minimum absolute atomic E-state index is 0.0806. The van der Waals surface area contributed by atoms with Crippen molar-refractivity contribution in [3.8, 4) is 0 Å². The van der Waals surface area contributed by atoms with Crippen molar-refractivity contribution in [1.82, 2.24) is 10.3 Å². The number of halogens is 4. The summed E-state index contributed by atoms with van der Waals surface area (Å²) >= 11 is 6.67. The van der Waals surface area contributed by atoms with Crippen molar-refractivity contribution < 1.29 is 33.0 Å². The van der Waals surface area contributed by atoms with Crippen LogP contribution in [0.4, 0.5) is 18.9 Å². The Morgan fingerprint density at radius 3 is 2.42 bits per heavy atom. The number of nitrogens with one attached hydrogen (secondary N) is 2. The van der Waals surface area contributed by atoms with E-state index in [1.807, 2.05) is 11.0 Å². The monoisotopic (exact) mass is 596 g/mol. The van der Waals surface area contributed by atoms with Crippen LogP contribution < -0.4 is 10.7 Å². The van der Waals surface area contributed by atoms with Crippen LogP contribution in [0.25, 0.3) is 0 Å². The number of amides is 2. The number of hydrazone groups is 1. The van der Waals surface area contributed by atoms with E-state index >= 15 is 0 Å². The number of thiophene rings is 1. The molecule has 8 nitrogen and oxygen atoms in total. The third-order valence-electron chi connectivity index (χ3n) is 5.44. The molecule has 0 radical (unpaired) electrons. The molecule has 40 heavy (non-hydrogen) atoms. The van der Waals surface area contributed by atoms with Crippen LogP contribution in [0.1, 0.15) is 50.6 Å². The summed E-state index contributed by atoms with van der Waals surface area (Å²) in [4.78, 5) is 27.6. The number of benzene rings is 2. The molecule has 0 saturated heterocycles. The highest BCUT2D eigenvalue weighted by molar-refractivity contribution is 7.12. The second-order valence-corrected chi connectivity index (χ2v) is 10.5. The Kier molecular flexibility index (Phi) is 10.8. The maximum atomic E-state index is 13.1. The van der Waals surface area contributed by atoms with E-state index in [1.54, 1.807) is 43.5 Å². The van der Waals surface area contributed by atoms with Crippen LogP contribution in [0.15, 0.2) is 59.0 Å². The second-order valence-electron chi connectivity index (χ2n) is 9.15. The zero-order valence-electron chi connectivity index (χ0n) is 21.6. The quantitative estimate of drug-likeness (QED) is 0.184. The van der Waals surface area contributed by atoms with Gasteiger partial charge in [0.25, 0.3) is 11.8 Å². The van der Waals surface area contributed by atoms with Crippen LogP contribution in [0, 0.1) is 0 Å². The highest BCUT2D eigenvalue weighted by atomic mass is 35.5. The van der Waals surface area contributed by atoms with Gasteiger partial charge in [0, 0.05) is 25.2 Å². The van der Waals surface area contributed by atoms with E-state index in [0.717, 1.165) is 35.2 Å². The van der Waals surface area contributed by atoms with Gasteiger partial charge in [-0.3, -0.25) is 14.5 Å². The molecule has 2 aromatic carbocycles. The molecule has 0 aliphatic rings. The largest absolute Gasteiger partial charge is 0.417 e. The van der Waals surface area contributed by atoms with Crippen molar-refractivity contribution in [1.29, 1.82) is 0 Å². The average Bonchev–Trinajstić information content (AvgIpc) is 3.32. The Bertz CT molecular complexity index is 1350. The van der Waals surface area contributed by atoms with E-state index in [9.17, 15) is 33.0 Å². The highest BCUT2D eigenvalue weighted by Crippen LogP contribution is 2.34. The molecule has 0 aliphatic heterocycles. The summed E-state index contributed by atoms with van der Waals surface area (Å²) in [6.07, 6.45) is -4.77. The average molecular weight is 597 g/mol. The van der Waals surface area contributed by atoms with Crippen LogP contribution in [-0.4, -0.2) is 58.4 Å². The maximum absolute atomic E-state index is 13.1. The van der Waals surface area contributed by atoms with E-state index in [2.05, 4.69) is 15.8 Å². The van der Waals surface area contributed by atoms with Gasteiger partial charge in [-0.1, -0.05) is 29.8 Å². The molecule has 1 heterocycles. The summed E-state index contributed by atoms with van der Waals surface area (Å²) in [7, 11) is 0. The topological polar surface area (TPSA) is 114 Å². The predicted molar refractivity (Wildman–Crippen MR) is 149 cm³/mol. The molecule has 3 aromatic rings. The fourth-order valence-electron chi connectivity index (χ4n) is 3.85. The van der Waals surface area contributed by atoms with Crippen molar-refractivity contribution in [2.75, 3.05) is 18.4 Å². The lowest BCUT2D eigenvalue weighted by Crippen LogP contribution is -2.35. The molecule has 0 fully saturated rings. The van der Waals surface area contributed by atoms with Crippen molar-refractivity contribution in [3.05, 3.63) is 86.1 Å². The highest BCUT2D eigenvalue weighted by Gasteiger charge is 2.33. The first-order valence-corrected chi connectivity index (χ1v) is 13.4. The first kappa shape index (κ1) is 31.2. The molecular formula is C27H28ClF3N4O4S. The SMILES string of the molecule is CC(O)CN(Cc1cccc(C(=O)Nc2ccsc2C(=O)NN=Cc2ccc(Cl)c(C(F)(F)F)c2)c1)CC(C)O. The third-order valence-corrected chi connectivity index (χ3v) is 6.68. The fourth-order valence-corrected chi connectivity index (χ4v) is 4.82. The van der Waals surface area contributed by atoms with E-state index in [0.29, 0.717) is 25.2 Å². The van der Waals surface area contributed by atoms with E-state index < -0.39 is 40.8 Å². The number of alkyl halides is 3. The summed E-state index contributed by atoms with van der Waals surface area (Å²) in [5.74, 6) is -1.12. The van der Waals surface area contributed by atoms with Gasteiger partial charge in [-0.2, -0.15) is 18.3 Å². The van der Waals surface area contributed by atoms with E-state index in [1.165, 1.54) is 6.07 Å². The lowest BCUT2D eigenvalue weighted by Gasteiger charge is -2.25. The van der Waals surface area contributed by atoms with Gasteiger partial charge in [-0.15, -0.1) is 11.3 Å². The summed E-state index contributed by atoms with van der Waals surface area (Å²) in [5.41, 5.74) is 2.68. The standard InChI is InChI=1S/C27H28ClF3N4O4S/c1-16(36)13-35(14-17(2)37)15-19-4-3-5-20(10-19)25(38)33-23-8-9-40-24(23)26(39)34-32-12-18-6-7-22(28)21(11-18)27(29,30)31/h3-12,16-17,36-37H,13-15H2,1-2H3,(H,33,38)(H,34,39). The van der Waals surface area contributed by atoms with Gasteiger partial charge in [0.15, 0.2) is 0 Å². The minimum Gasteiger partial charge on any atom is -0.392 e. The van der Waals surface area contributed by atoms with Crippen molar-refractivity contribution in [3.63, 3.8) is 0 Å².